The van der Waals surface area contributed by atoms with Gasteiger partial charge in [0.2, 0.25) is 0 Å². The molecule has 2 N–H and O–H groups in total. The zero-order valence-corrected chi connectivity index (χ0v) is 12.3. The van der Waals surface area contributed by atoms with Gasteiger partial charge in [-0.25, -0.2) is 4.79 Å². The van der Waals surface area contributed by atoms with Crippen LogP contribution in [-0.4, -0.2) is 23.3 Å². The molecule has 2 aromatic rings. The lowest BCUT2D eigenvalue weighted by atomic mass is 10.1. The van der Waals surface area contributed by atoms with Gasteiger partial charge in [-0.15, -0.1) is 0 Å². The number of carbonyl (C=O) groups excluding carboxylic acids is 2. The molecule has 0 heterocycles. The van der Waals surface area contributed by atoms with Crippen LogP contribution >= 0.6 is 15.9 Å². The second-order valence-corrected chi connectivity index (χ2v) is 5.10. The van der Waals surface area contributed by atoms with E-state index in [1.165, 1.54) is 36.4 Å². The van der Waals surface area contributed by atoms with Crippen LogP contribution in [0.4, 0.5) is 5.69 Å². The molecule has 0 saturated heterocycles. The number of aromatic carboxylic acids is 1. The van der Waals surface area contributed by atoms with Crippen LogP contribution in [0.25, 0.3) is 0 Å². The summed E-state index contributed by atoms with van der Waals surface area (Å²) in [5, 5.41) is 11.7. The van der Waals surface area contributed by atoms with Gasteiger partial charge in [0.1, 0.15) is 6.29 Å². The second-order valence-electron chi connectivity index (χ2n) is 4.19. The Labute approximate surface area is 128 Å². The van der Waals surface area contributed by atoms with Crippen molar-refractivity contribution in [2.24, 2.45) is 0 Å². The predicted octanol–water partition coefficient (Wildman–Crippen LogP) is 3.21. The van der Waals surface area contributed by atoms with Crippen molar-refractivity contribution in [1.29, 1.82) is 0 Å². The Kier molecular flexibility index (Phi) is 4.49. The molecule has 0 saturated carbocycles. The smallest absolute Gasteiger partial charge is 0.337 e. The number of hydrogen-bond donors (Lipinski definition) is 2. The van der Waals surface area contributed by atoms with Crippen LogP contribution < -0.4 is 5.32 Å². The Morgan fingerprint density at radius 1 is 1.10 bits per heavy atom. The molecule has 2 rings (SSSR count). The number of halogens is 1. The first kappa shape index (κ1) is 14.9. The highest BCUT2D eigenvalue weighted by Crippen LogP contribution is 2.21. The SMILES string of the molecule is O=Cc1ccc(C(=O)Nc2ccc(Br)cc2C(=O)O)cc1. The van der Waals surface area contributed by atoms with E-state index in [-0.39, 0.29) is 11.3 Å². The van der Waals surface area contributed by atoms with E-state index in [1.54, 1.807) is 6.07 Å². The van der Waals surface area contributed by atoms with Gasteiger partial charge in [-0.1, -0.05) is 28.1 Å². The normalized spacial score (nSPS) is 9.95. The summed E-state index contributed by atoms with van der Waals surface area (Å²) in [5.74, 6) is -1.58. The van der Waals surface area contributed by atoms with E-state index in [2.05, 4.69) is 21.2 Å². The quantitative estimate of drug-likeness (QED) is 0.831. The molecule has 6 heteroatoms. The van der Waals surface area contributed by atoms with Gasteiger partial charge >= 0.3 is 5.97 Å². The van der Waals surface area contributed by atoms with Crippen LogP contribution in [0.2, 0.25) is 0 Å². The fourth-order valence-electron chi connectivity index (χ4n) is 1.71. The van der Waals surface area contributed by atoms with Crippen LogP contribution in [0.15, 0.2) is 46.9 Å². The van der Waals surface area contributed by atoms with Gasteiger partial charge in [0, 0.05) is 15.6 Å². The lowest BCUT2D eigenvalue weighted by Gasteiger charge is -2.09. The van der Waals surface area contributed by atoms with E-state index in [1.807, 2.05) is 0 Å². The fourth-order valence-corrected chi connectivity index (χ4v) is 2.07. The Bertz CT molecular complexity index is 710. The van der Waals surface area contributed by atoms with Crippen molar-refractivity contribution in [2.75, 3.05) is 5.32 Å². The first-order valence-electron chi connectivity index (χ1n) is 5.90. The summed E-state index contributed by atoms with van der Waals surface area (Å²) in [6, 6.07) is 10.6. The molecule has 0 bridgehead atoms. The topological polar surface area (TPSA) is 83.5 Å². The fraction of sp³-hybridized carbons (Fsp3) is 0. The third-order valence-electron chi connectivity index (χ3n) is 2.77. The number of carboxylic acid groups (broad SMARTS) is 1. The number of hydrogen-bond acceptors (Lipinski definition) is 3. The van der Waals surface area contributed by atoms with Crippen molar-refractivity contribution < 1.29 is 19.5 Å². The van der Waals surface area contributed by atoms with E-state index in [9.17, 15) is 14.4 Å². The van der Waals surface area contributed by atoms with Gasteiger partial charge < -0.3 is 10.4 Å². The third-order valence-corrected chi connectivity index (χ3v) is 3.26. The Hall–Kier alpha value is -2.47. The molecule has 0 aliphatic carbocycles. The van der Waals surface area contributed by atoms with Crippen LogP contribution in [0.5, 0.6) is 0 Å². The number of nitrogens with one attached hydrogen (secondary N) is 1. The van der Waals surface area contributed by atoms with Gasteiger partial charge in [-0.2, -0.15) is 0 Å². The first-order chi connectivity index (χ1) is 10.0. The van der Waals surface area contributed by atoms with Crippen molar-refractivity contribution in [3.05, 3.63) is 63.6 Å². The summed E-state index contributed by atoms with van der Waals surface area (Å²) >= 11 is 3.18. The number of rotatable bonds is 4. The standard InChI is InChI=1S/C15H10BrNO4/c16-11-5-6-13(12(7-11)15(20)21)17-14(19)10-3-1-9(8-18)2-4-10/h1-8H,(H,17,19)(H,20,21). The summed E-state index contributed by atoms with van der Waals surface area (Å²) < 4.78 is 0.605. The maximum atomic E-state index is 12.1. The van der Waals surface area contributed by atoms with E-state index >= 15 is 0 Å². The molecule has 0 aliphatic heterocycles. The summed E-state index contributed by atoms with van der Waals surface area (Å²) in [7, 11) is 0. The van der Waals surface area contributed by atoms with Crippen molar-refractivity contribution in [3.63, 3.8) is 0 Å². The monoisotopic (exact) mass is 347 g/mol. The van der Waals surface area contributed by atoms with E-state index in [0.717, 1.165) is 0 Å². The Balaban J connectivity index is 2.26. The predicted molar refractivity (Wildman–Crippen MR) is 80.9 cm³/mol. The molecular weight excluding hydrogens is 338 g/mol. The van der Waals surface area contributed by atoms with Crippen molar-refractivity contribution in [2.45, 2.75) is 0 Å². The van der Waals surface area contributed by atoms with Crippen LogP contribution in [0, 0.1) is 0 Å². The molecule has 0 fully saturated rings. The minimum absolute atomic E-state index is 0.0118. The van der Waals surface area contributed by atoms with Gasteiger partial charge in [0.15, 0.2) is 0 Å². The van der Waals surface area contributed by atoms with Crippen LogP contribution in [0.3, 0.4) is 0 Å². The molecule has 2 aromatic carbocycles. The number of benzene rings is 2. The van der Waals surface area contributed by atoms with Crippen molar-refractivity contribution in [1.82, 2.24) is 0 Å². The zero-order chi connectivity index (χ0) is 15.4. The average Bonchev–Trinajstić information content (AvgIpc) is 2.49. The third kappa shape index (κ3) is 3.55. The highest BCUT2D eigenvalue weighted by Gasteiger charge is 2.14. The van der Waals surface area contributed by atoms with Gasteiger partial charge in [-0.3, -0.25) is 9.59 Å². The van der Waals surface area contributed by atoms with Gasteiger partial charge in [0.25, 0.3) is 5.91 Å². The second kappa shape index (κ2) is 6.32. The Morgan fingerprint density at radius 2 is 1.76 bits per heavy atom. The molecule has 21 heavy (non-hydrogen) atoms. The molecule has 0 aliphatic rings. The minimum Gasteiger partial charge on any atom is -0.478 e. The van der Waals surface area contributed by atoms with Gasteiger partial charge in [-0.05, 0) is 30.3 Å². The van der Waals surface area contributed by atoms with Crippen LogP contribution in [-0.2, 0) is 0 Å². The molecule has 0 atom stereocenters. The lowest BCUT2D eigenvalue weighted by molar-refractivity contribution is 0.0698. The van der Waals surface area contributed by atoms with E-state index < -0.39 is 11.9 Å². The number of carbonyl (C=O) groups is 3. The number of anilines is 1. The molecular formula is C15H10BrNO4. The van der Waals surface area contributed by atoms with Crippen LogP contribution in [0.1, 0.15) is 31.1 Å². The van der Waals surface area contributed by atoms with E-state index in [4.69, 9.17) is 5.11 Å². The average molecular weight is 348 g/mol. The summed E-state index contributed by atoms with van der Waals surface area (Å²) in [5.41, 5.74) is 0.985. The molecule has 106 valence electrons. The number of aldehydes is 1. The largest absolute Gasteiger partial charge is 0.478 e. The van der Waals surface area contributed by atoms with E-state index in [0.29, 0.717) is 21.9 Å². The highest BCUT2D eigenvalue weighted by molar-refractivity contribution is 9.10. The van der Waals surface area contributed by atoms with Crippen molar-refractivity contribution >= 4 is 39.8 Å². The zero-order valence-electron chi connectivity index (χ0n) is 10.7. The summed E-state index contributed by atoms with van der Waals surface area (Å²) in [6.45, 7) is 0. The maximum absolute atomic E-state index is 12.1. The molecule has 0 spiro atoms. The number of amides is 1. The highest BCUT2D eigenvalue weighted by atomic mass is 79.9. The number of carboxylic acids is 1. The molecule has 5 nitrogen and oxygen atoms in total. The Morgan fingerprint density at radius 3 is 2.33 bits per heavy atom. The molecule has 0 aromatic heterocycles. The minimum atomic E-state index is -1.14. The van der Waals surface area contributed by atoms with Crippen molar-refractivity contribution in [3.8, 4) is 0 Å². The summed E-state index contributed by atoms with van der Waals surface area (Å²) in [6.07, 6.45) is 0.680. The molecule has 0 unspecified atom stereocenters. The first-order valence-corrected chi connectivity index (χ1v) is 6.70. The van der Waals surface area contributed by atoms with Gasteiger partial charge in [0.05, 0.1) is 11.3 Å². The molecule has 0 radical (unpaired) electrons. The maximum Gasteiger partial charge on any atom is 0.337 e. The molecule has 1 amide bonds. The summed E-state index contributed by atoms with van der Waals surface area (Å²) in [4.78, 5) is 33.8. The lowest BCUT2D eigenvalue weighted by Crippen LogP contribution is -2.14.